The summed E-state index contributed by atoms with van der Waals surface area (Å²) in [6.45, 7) is 5.70. The van der Waals surface area contributed by atoms with Crippen LogP contribution in [0.1, 0.15) is 37.0 Å². The van der Waals surface area contributed by atoms with Crippen LogP contribution in [-0.4, -0.2) is 28.3 Å². The maximum absolute atomic E-state index is 12.1. The van der Waals surface area contributed by atoms with Crippen molar-refractivity contribution in [3.8, 4) is 0 Å². The molecule has 16 heavy (non-hydrogen) atoms. The lowest BCUT2D eigenvalue weighted by molar-refractivity contribution is 0.0579. The molecule has 88 valence electrons. The lowest BCUT2D eigenvalue weighted by Gasteiger charge is -2.11. The molecule has 0 amide bonds. The van der Waals surface area contributed by atoms with E-state index < -0.39 is 0 Å². The van der Waals surface area contributed by atoms with E-state index in [0.717, 1.165) is 19.4 Å². The second kappa shape index (κ2) is 4.78. The van der Waals surface area contributed by atoms with Gasteiger partial charge in [-0.1, -0.05) is 13.8 Å². The molecule has 4 heteroatoms. The normalized spacial score (nSPS) is 24.9. The van der Waals surface area contributed by atoms with Crippen molar-refractivity contribution in [2.75, 3.05) is 6.61 Å². The summed E-state index contributed by atoms with van der Waals surface area (Å²) in [5.41, 5.74) is 0.673. The molecule has 2 atom stereocenters. The highest BCUT2D eigenvalue weighted by Gasteiger charge is 2.32. The van der Waals surface area contributed by atoms with E-state index in [4.69, 9.17) is 4.74 Å². The Hall–Kier alpha value is -1.16. The number of ketones is 1. The number of ether oxygens (including phenoxy) is 1. The van der Waals surface area contributed by atoms with Gasteiger partial charge >= 0.3 is 0 Å². The maximum Gasteiger partial charge on any atom is 0.194 e. The zero-order chi connectivity index (χ0) is 11.5. The molecule has 0 spiro atoms. The average molecular weight is 222 g/mol. The van der Waals surface area contributed by atoms with Gasteiger partial charge in [0.1, 0.15) is 6.10 Å². The van der Waals surface area contributed by atoms with Crippen molar-refractivity contribution in [2.24, 2.45) is 5.92 Å². The zero-order valence-electron chi connectivity index (χ0n) is 9.85. The Morgan fingerprint density at radius 3 is 3.12 bits per heavy atom. The van der Waals surface area contributed by atoms with Crippen molar-refractivity contribution in [2.45, 2.75) is 39.3 Å². The van der Waals surface area contributed by atoms with E-state index in [-0.39, 0.29) is 11.9 Å². The van der Waals surface area contributed by atoms with Gasteiger partial charge in [0.2, 0.25) is 0 Å². The second-order valence-electron chi connectivity index (χ2n) is 4.41. The molecule has 1 aromatic heterocycles. The molecule has 0 aromatic carbocycles. The highest BCUT2D eigenvalue weighted by atomic mass is 16.5. The van der Waals surface area contributed by atoms with Crippen LogP contribution in [0.25, 0.3) is 0 Å². The minimum atomic E-state index is -0.265. The summed E-state index contributed by atoms with van der Waals surface area (Å²) in [7, 11) is 0. The molecular weight excluding hydrogens is 204 g/mol. The fourth-order valence-electron chi connectivity index (χ4n) is 2.04. The summed E-state index contributed by atoms with van der Waals surface area (Å²) in [6.07, 6.45) is 5.19. The van der Waals surface area contributed by atoms with Crippen molar-refractivity contribution in [1.82, 2.24) is 9.78 Å². The van der Waals surface area contributed by atoms with Crippen LogP contribution in [0.4, 0.5) is 0 Å². The van der Waals surface area contributed by atoms with Crippen molar-refractivity contribution in [1.29, 1.82) is 0 Å². The van der Waals surface area contributed by atoms with Crippen LogP contribution in [0.3, 0.4) is 0 Å². The van der Waals surface area contributed by atoms with E-state index >= 15 is 0 Å². The van der Waals surface area contributed by atoms with Gasteiger partial charge in [-0.25, -0.2) is 0 Å². The molecule has 0 aliphatic carbocycles. The Labute approximate surface area is 95.6 Å². The summed E-state index contributed by atoms with van der Waals surface area (Å²) in [6, 6.07) is 0. The van der Waals surface area contributed by atoms with E-state index in [2.05, 4.69) is 18.9 Å². The van der Waals surface area contributed by atoms with E-state index in [1.807, 2.05) is 10.9 Å². The molecule has 1 saturated heterocycles. The number of aromatic nitrogens is 2. The third-order valence-electron chi connectivity index (χ3n) is 3.02. The molecule has 1 aromatic rings. The lowest BCUT2D eigenvalue weighted by Crippen LogP contribution is -2.24. The standard InChI is InChI=1S/C12H18N2O2/c1-3-5-14-8-10(7-13-14)11(15)12-9(2)4-6-16-12/h7-9,12H,3-6H2,1-2H3. The van der Waals surface area contributed by atoms with E-state index in [1.54, 1.807) is 6.20 Å². The van der Waals surface area contributed by atoms with Crippen LogP contribution in [-0.2, 0) is 11.3 Å². The predicted molar refractivity (Wildman–Crippen MR) is 60.4 cm³/mol. The Bertz CT molecular complexity index is 373. The van der Waals surface area contributed by atoms with Crippen molar-refractivity contribution in [3.05, 3.63) is 18.0 Å². The molecule has 2 heterocycles. The monoisotopic (exact) mass is 222 g/mol. The van der Waals surface area contributed by atoms with Crippen LogP contribution < -0.4 is 0 Å². The molecule has 0 N–H and O–H groups in total. The molecule has 1 fully saturated rings. The van der Waals surface area contributed by atoms with E-state index in [0.29, 0.717) is 18.1 Å². The number of nitrogens with zero attached hydrogens (tertiary/aromatic N) is 2. The van der Waals surface area contributed by atoms with Gasteiger partial charge in [0.05, 0.1) is 11.8 Å². The number of Topliss-reactive ketones (excluding diaryl/α,β-unsaturated/α-hetero) is 1. The van der Waals surface area contributed by atoms with Crippen LogP contribution in [0.2, 0.25) is 0 Å². The summed E-state index contributed by atoms with van der Waals surface area (Å²) < 4.78 is 7.28. The first kappa shape index (κ1) is 11.3. The average Bonchev–Trinajstić information content (AvgIpc) is 2.87. The first-order chi connectivity index (χ1) is 7.72. The van der Waals surface area contributed by atoms with Gasteiger partial charge in [-0.2, -0.15) is 5.10 Å². The van der Waals surface area contributed by atoms with Crippen LogP contribution in [0.5, 0.6) is 0 Å². The van der Waals surface area contributed by atoms with Gasteiger partial charge < -0.3 is 4.74 Å². The number of carbonyl (C=O) groups is 1. The quantitative estimate of drug-likeness (QED) is 0.731. The van der Waals surface area contributed by atoms with E-state index in [9.17, 15) is 4.79 Å². The van der Waals surface area contributed by atoms with Crippen LogP contribution in [0, 0.1) is 5.92 Å². The van der Waals surface area contributed by atoms with Gasteiger partial charge in [-0.15, -0.1) is 0 Å². The Morgan fingerprint density at radius 1 is 1.69 bits per heavy atom. The SMILES string of the molecule is CCCn1cc(C(=O)C2OCCC2C)cn1. The van der Waals surface area contributed by atoms with Gasteiger partial charge in [0.15, 0.2) is 5.78 Å². The van der Waals surface area contributed by atoms with Crippen molar-refractivity contribution in [3.63, 3.8) is 0 Å². The van der Waals surface area contributed by atoms with Gasteiger partial charge in [-0.05, 0) is 18.8 Å². The fourth-order valence-corrected chi connectivity index (χ4v) is 2.04. The molecule has 2 rings (SSSR count). The minimum absolute atomic E-state index is 0.0763. The van der Waals surface area contributed by atoms with Crippen LogP contribution >= 0.6 is 0 Å². The lowest BCUT2D eigenvalue weighted by atomic mass is 9.98. The van der Waals surface area contributed by atoms with Gasteiger partial charge in [0.25, 0.3) is 0 Å². The number of aryl methyl sites for hydroxylation is 1. The molecule has 0 saturated carbocycles. The second-order valence-corrected chi connectivity index (χ2v) is 4.41. The minimum Gasteiger partial charge on any atom is -0.370 e. The number of hydrogen-bond donors (Lipinski definition) is 0. The third-order valence-corrected chi connectivity index (χ3v) is 3.02. The largest absolute Gasteiger partial charge is 0.370 e. The van der Waals surface area contributed by atoms with Crippen molar-refractivity contribution >= 4 is 5.78 Å². The first-order valence-electron chi connectivity index (χ1n) is 5.90. The molecular formula is C12H18N2O2. The van der Waals surface area contributed by atoms with E-state index in [1.165, 1.54) is 0 Å². The third kappa shape index (κ3) is 2.16. The predicted octanol–water partition coefficient (Wildman–Crippen LogP) is 1.90. The summed E-state index contributed by atoms with van der Waals surface area (Å²) in [5.74, 6) is 0.398. The van der Waals surface area contributed by atoms with Crippen LogP contribution in [0.15, 0.2) is 12.4 Å². The fraction of sp³-hybridized carbons (Fsp3) is 0.667. The van der Waals surface area contributed by atoms with Crippen molar-refractivity contribution < 1.29 is 9.53 Å². The number of rotatable bonds is 4. The molecule has 1 aliphatic heterocycles. The van der Waals surface area contributed by atoms with Gasteiger partial charge in [0, 0.05) is 19.3 Å². The summed E-state index contributed by atoms with van der Waals surface area (Å²) >= 11 is 0. The zero-order valence-corrected chi connectivity index (χ0v) is 9.85. The molecule has 1 aliphatic rings. The maximum atomic E-state index is 12.1. The molecule has 0 bridgehead atoms. The summed E-state index contributed by atoms with van der Waals surface area (Å²) in [4.78, 5) is 12.1. The number of hydrogen-bond acceptors (Lipinski definition) is 3. The Balaban J connectivity index is 2.08. The molecule has 0 radical (unpaired) electrons. The topological polar surface area (TPSA) is 44.1 Å². The summed E-state index contributed by atoms with van der Waals surface area (Å²) in [5, 5.41) is 4.16. The Morgan fingerprint density at radius 2 is 2.50 bits per heavy atom. The highest BCUT2D eigenvalue weighted by molar-refractivity contribution is 5.99. The highest BCUT2D eigenvalue weighted by Crippen LogP contribution is 2.23. The molecule has 2 unspecified atom stereocenters. The first-order valence-corrected chi connectivity index (χ1v) is 5.90. The smallest absolute Gasteiger partial charge is 0.194 e. The molecule has 4 nitrogen and oxygen atoms in total. The Kier molecular flexibility index (Phi) is 3.39. The number of carbonyl (C=O) groups excluding carboxylic acids is 1. The van der Waals surface area contributed by atoms with Gasteiger partial charge in [-0.3, -0.25) is 9.48 Å².